The smallest absolute Gasteiger partial charge is 0.343 e. The number of ether oxygens (including phenoxy) is 4. The first-order valence-corrected chi connectivity index (χ1v) is 9.20. The van der Waals surface area contributed by atoms with Gasteiger partial charge in [0.05, 0.1) is 18.8 Å². The highest BCUT2D eigenvalue weighted by atomic mass is 16.5. The molecule has 2 aromatic carbocycles. The lowest BCUT2D eigenvalue weighted by Gasteiger charge is -2.08. The Morgan fingerprint density at radius 1 is 0.793 bits per heavy atom. The normalized spacial score (nSPS) is 9.93. The van der Waals surface area contributed by atoms with E-state index in [0.29, 0.717) is 49.1 Å². The van der Waals surface area contributed by atoms with Crippen molar-refractivity contribution in [2.45, 2.75) is 12.8 Å². The molecule has 0 aliphatic heterocycles. The van der Waals surface area contributed by atoms with Crippen molar-refractivity contribution in [3.8, 4) is 17.2 Å². The molecule has 0 N–H and O–H groups in total. The second-order valence-electron chi connectivity index (χ2n) is 5.91. The van der Waals surface area contributed by atoms with E-state index in [1.807, 2.05) is 0 Å². The van der Waals surface area contributed by atoms with Crippen molar-refractivity contribution in [1.29, 1.82) is 0 Å². The van der Waals surface area contributed by atoms with Gasteiger partial charge in [0.2, 0.25) is 0 Å². The van der Waals surface area contributed by atoms with Crippen LogP contribution in [0.4, 0.5) is 0 Å². The SMILES string of the molecule is C=CCOc1ccc(C(=O)Oc2ccc(OCCCCOC(=O)C=C)cc2)cc1. The van der Waals surface area contributed by atoms with Crippen molar-refractivity contribution >= 4 is 11.9 Å². The minimum Gasteiger partial charge on any atom is -0.494 e. The summed E-state index contributed by atoms with van der Waals surface area (Å²) in [6, 6.07) is 13.5. The fraction of sp³-hybridized carbons (Fsp3) is 0.217. The molecule has 0 spiro atoms. The zero-order valence-corrected chi connectivity index (χ0v) is 16.2. The quantitative estimate of drug-likeness (QED) is 0.175. The van der Waals surface area contributed by atoms with Crippen molar-refractivity contribution in [2.75, 3.05) is 19.8 Å². The molecule has 29 heavy (non-hydrogen) atoms. The number of hydrogen-bond donors (Lipinski definition) is 0. The van der Waals surface area contributed by atoms with E-state index >= 15 is 0 Å². The maximum absolute atomic E-state index is 12.2. The third kappa shape index (κ3) is 7.92. The topological polar surface area (TPSA) is 71.1 Å². The molecule has 0 aliphatic carbocycles. The maximum Gasteiger partial charge on any atom is 0.343 e. The van der Waals surface area contributed by atoms with Crippen molar-refractivity contribution < 1.29 is 28.5 Å². The second kappa shape index (κ2) is 12.0. The Hall–Kier alpha value is -3.54. The van der Waals surface area contributed by atoms with Crippen LogP contribution < -0.4 is 14.2 Å². The van der Waals surface area contributed by atoms with Gasteiger partial charge in [-0.2, -0.15) is 0 Å². The summed E-state index contributed by atoms with van der Waals surface area (Å²) in [5.41, 5.74) is 0.424. The first-order chi connectivity index (χ1) is 14.1. The Labute approximate surface area is 170 Å². The van der Waals surface area contributed by atoms with Gasteiger partial charge in [-0.15, -0.1) is 0 Å². The molecular weight excluding hydrogens is 372 g/mol. The van der Waals surface area contributed by atoms with E-state index in [2.05, 4.69) is 13.2 Å². The van der Waals surface area contributed by atoms with Crippen molar-refractivity contribution in [1.82, 2.24) is 0 Å². The fourth-order valence-corrected chi connectivity index (χ4v) is 2.24. The van der Waals surface area contributed by atoms with E-state index in [-0.39, 0.29) is 0 Å². The van der Waals surface area contributed by atoms with Crippen LogP contribution in [0.25, 0.3) is 0 Å². The van der Waals surface area contributed by atoms with Crippen LogP contribution >= 0.6 is 0 Å². The average Bonchev–Trinajstić information content (AvgIpc) is 2.75. The van der Waals surface area contributed by atoms with Gasteiger partial charge >= 0.3 is 11.9 Å². The average molecular weight is 396 g/mol. The summed E-state index contributed by atoms with van der Waals surface area (Å²) >= 11 is 0. The lowest BCUT2D eigenvalue weighted by molar-refractivity contribution is -0.137. The summed E-state index contributed by atoms with van der Waals surface area (Å²) in [5.74, 6) is 0.861. The first kappa shape index (κ1) is 21.8. The summed E-state index contributed by atoms with van der Waals surface area (Å²) in [6.07, 6.45) is 4.23. The van der Waals surface area contributed by atoms with Crippen LogP contribution in [-0.2, 0) is 9.53 Å². The lowest BCUT2D eigenvalue weighted by Crippen LogP contribution is -2.08. The Bertz CT molecular complexity index is 808. The molecule has 0 saturated carbocycles. The van der Waals surface area contributed by atoms with Crippen molar-refractivity contribution in [3.05, 3.63) is 79.4 Å². The summed E-state index contributed by atoms with van der Waals surface area (Å²) in [5, 5.41) is 0. The zero-order valence-electron chi connectivity index (χ0n) is 16.2. The molecule has 2 aromatic rings. The number of benzene rings is 2. The van der Waals surface area contributed by atoms with Crippen LogP contribution in [-0.4, -0.2) is 31.8 Å². The van der Waals surface area contributed by atoms with E-state index < -0.39 is 11.9 Å². The molecule has 0 saturated heterocycles. The number of carbonyl (C=O) groups excluding carboxylic acids is 2. The predicted molar refractivity (Wildman–Crippen MR) is 109 cm³/mol. The highest BCUT2D eigenvalue weighted by Crippen LogP contribution is 2.20. The van der Waals surface area contributed by atoms with Gasteiger partial charge in [-0.25, -0.2) is 9.59 Å². The van der Waals surface area contributed by atoms with Gasteiger partial charge in [-0.3, -0.25) is 0 Å². The number of unbranched alkanes of at least 4 members (excludes halogenated alkanes) is 1. The van der Waals surface area contributed by atoms with Crippen molar-refractivity contribution in [3.63, 3.8) is 0 Å². The summed E-state index contributed by atoms with van der Waals surface area (Å²) in [7, 11) is 0. The standard InChI is InChI=1S/C23H24O6/c1-3-15-26-19-9-7-18(8-10-19)23(25)29-21-13-11-20(12-14-21)27-16-5-6-17-28-22(24)4-2/h3-4,7-14H,1-2,5-6,15-17H2. The van der Waals surface area contributed by atoms with Crippen LogP contribution in [0.1, 0.15) is 23.2 Å². The van der Waals surface area contributed by atoms with Crippen LogP contribution in [0.5, 0.6) is 17.2 Å². The summed E-state index contributed by atoms with van der Waals surface area (Å²) in [4.78, 5) is 23.1. The monoisotopic (exact) mass is 396 g/mol. The molecule has 0 aliphatic rings. The van der Waals surface area contributed by atoms with E-state index in [4.69, 9.17) is 18.9 Å². The summed E-state index contributed by atoms with van der Waals surface area (Å²) < 4.78 is 21.2. The maximum atomic E-state index is 12.2. The Kier molecular flexibility index (Phi) is 9.02. The predicted octanol–water partition coefficient (Wildman–Crippen LogP) is 4.36. The fourth-order valence-electron chi connectivity index (χ4n) is 2.24. The van der Waals surface area contributed by atoms with E-state index in [0.717, 1.165) is 12.5 Å². The molecule has 0 aromatic heterocycles. The van der Waals surface area contributed by atoms with E-state index in [1.54, 1.807) is 54.6 Å². The first-order valence-electron chi connectivity index (χ1n) is 9.20. The Morgan fingerprint density at radius 3 is 2.03 bits per heavy atom. The molecule has 0 heterocycles. The second-order valence-corrected chi connectivity index (χ2v) is 5.91. The van der Waals surface area contributed by atoms with Gasteiger partial charge in [-0.05, 0) is 61.4 Å². The Balaban J connectivity index is 1.73. The van der Waals surface area contributed by atoms with Crippen molar-refractivity contribution in [2.24, 2.45) is 0 Å². The van der Waals surface area contributed by atoms with Gasteiger partial charge in [-0.1, -0.05) is 19.2 Å². The molecule has 0 unspecified atom stereocenters. The van der Waals surface area contributed by atoms with Gasteiger partial charge < -0.3 is 18.9 Å². The molecular formula is C23H24O6. The molecule has 0 amide bonds. The zero-order chi connectivity index (χ0) is 20.9. The minimum atomic E-state index is -0.456. The molecule has 6 nitrogen and oxygen atoms in total. The Morgan fingerprint density at radius 2 is 1.38 bits per heavy atom. The van der Waals surface area contributed by atoms with Gasteiger partial charge in [0.1, 0.15) is 23.9 Å². The third-order valence-electron chi connectivity index (χ3n) is 3.71. The summed E-state index contributed by atoms with van der Waals surface area (Å²) in [6.45, 7) is 8.15. The highest BCUT2D eigenvalue weighted by Gasteiger charge is 2.09. The van der Waals surface area contributed by atoms with Crippen LogP contribution in [0.15, 0.2) is 73.8 Å². The van der Waals surface area contributed by atoms with Crippen LogP contribution in [0.2, 0.25) is 0 Å². The number of carbonyl (C=O) groups is 2. The third-order valence-corrected chi connectivity index (χ3v) is 3.71. The molecule has 6 heteroatoms. The lowest BCUT2D eigenvalue weighted by atomic mass is 10.2. The van der Waals surface area contributed by atoms with Gasteiger partial charge in [0.15, 0.2) is 0 Å². The molecule has 152 valence electrons. The highest BCUT2D eigenvalue weighted by molar-refractivity contribution is 5.91. The van der Waals surface area contributed by atoms with E-state index in [9.17, 15) is 9.59 Å². The minimum absolute atomic E-state index is 0.338. The molecule has 0 bridgehead atoms. The number of hydrogen-bond acceptors (Lipinski definition) is 6. The van der Waals surface area contributed by atoms with Crippen LogP contribution in [0.3, 0.4) is 0 Å². The van der Waals surface area contributed by atoms with Gasteiger partial charge in [0, 0.05) is 6.08 Å². The largest absolute Gasteiger partial charge is 0.494 e. The number of rotatable bonds is 12. The molecule has 0 radical (unpaired) electrons. The number of esters is 2. The van der Waals surface area contributed by atoms with Gasteiger partial charge in [0.25, 0.3) is 0 Å². The molecule has 0 atom stereocenters. The van der Waals surface area contributed by atoms with Crippen LogP contribution in [0, 0.1) is 0 Å². The molecule has 0 fully saturated rings. The molecule has 2 rings (SSSR count). The van der Waals surface area contributed by atoms with E-state index in [1.165, 1.54) is 0 Å².